The molecular weight excluding hydrogens is 280 g/mol. The molecule has 0 aliphatic carbocycles. The van der Waals surface area contributed by atoms with Gasteiger partial charge in [-0.3, -0.25) is 4.79 Å². The molecule has 0 radical (unpaired) electrons. The summed E-state index contributed by atoms with van der Waals surface area (Å²) in [5.41, 5.74) is 1.06. The highest BCUT2D eigenvalue weighted by molar-refractivity contribution is 7.17. The van der Waals surface area contributed by atoms with Gasteiger partial charge in [0.1, 0.15) is 9.88 Å². The summed E-state index contributed by atoms with van der Waals surface area (Å²) in [5.74, 6) is -0.0420. The minimum absolute atomic E-state index is 0.0420. The molecule has 6 heteroatoms. The van der Waals surface area contributed by atoms with Crippen LogP contribution in [0.2, 0.25) is 0 Å². The van der Waals surface area contributed by atoms with Crippen molar-refractivity contribution in [3.05, 3.63) is 27.9 Å². The molecule has 4 nitrogen and oxygen atoms in total. The lowest BCUT2D eigenvalue weighted by Crippen LogP contribution is -2.28. The van der Waals surface area contributed by atoms with E-state index in [-0.39, 0.29) is 5.91 Å². The molecule has 0 aliphatic rings. The number of aliphatic hydroxyl groups excluding tert-OH is 1. The molecule has 1 unspecified atom stereocenters. The molecule has 1 atom stereocenters. The molecule has 19 heavy (non-hydrogen) atoms. The van der Waals surface area contributed by atoms with Crippen LogP contribution in [0.1, 0.15) is 23.0 Å². The molecular formula is C13H16N2O2S2. The first-order chi connectivity index (χ1) is 9.08. The summed E-state index contributed by atoms with van der Waals surface area (Å²) < 4.78 is 0. The molecule has 2 aromatic heterocycles. The molecule has 0 aromatic carbocycles. The second-order valence-corrected chi connectivity index (χ2v) is 6.22. The number of carbonyl (C=O) groups excluding carboxylic acids is 1. The lowest BCUT2D eigenvalue weighted by molar-refractivity contribution is 0.0773. The van der Waals surface area contributed by atoms with Crippen LogP contribution in [0.15, 0.2) is 23.0 Å². The number of hydrogen-bond donors (Lipinski definition) is 1. The van der Waals surface area contributed by atoms with E-state index in [1.165, 1.54) is 11.3 Å². The summed E-state index contributed by atoms with van der Waals surface area (Å²) in [7, 11) is 1.74. The number of amides is 1. The lowest BCUT2D eigenvalue weighted by Gasteiger charge is -2.16. The van der Waals surface area contributed by atoms with Crippen molar-refractivity contribution in [2.75, 3.05) is 13.6 Å². The standard InChI is InChI=1S/C13H16N2O2S2/c1-9(16)3-5-15(2)13(17)11-7-14-12(19-11)10-4-6-18-8-10/h4,6-9,16H,3,5H2,1-2H3. The predicted molar refractivity (Wildman–Crippen MR) is 78.7 cm³/mol. The first kappa shape index (κ1) is 14.2. The Morgan fingerprint density at radius 1 is 1.58 bits per heavy atom. The quantitative estimate of drug-likeness (QED) is 0.923. The number of rotatable bonds is 5. The van der Waals surface area contributed by atoms with Crippen molar-refractivity contribution in [3.8, 4) is 10.6 Å². The van der Waals surface area contributed by atoms with Crippen molar-refractivity contribution in [1.82, 2.24) is 9.88 Å². The van der Waals surface area contributed by atoms with Crippen molar-refractivity contribution in [1.29, 1.82) is 0 Å². The van der Waals surface area contributed by atoms with Crippen LogP contribution < -0.4 is 0 Å². The van der Waals surface area contributed by atoms with Crippen molar-refractivity contribution >= 4 is 28.6 Å². The van der Waals surface area contributed by atoms with Crippen LogP contribution in [0.4, 0.5) is 0 Å². The molecule has 1 amide bonds. The highest BCUT2D eigenvalue weighted by Crippen LogP contribution is 2.27. The highest BCUT2D eigenvalue weighted by atomic mass is 32.1. The van der Waals surface area contributed by atoms with E-state index in [9.17, 15) is 9.90 Å². The fourth-order valence-corrected chi connectivity index (χ4v) is 3.18. The Bertz CT molecular complexity index is 535. The van der Waals surface area contributed by atoms with Crippen LogP contribution in [-0.2, 0) is 0 Å². The summed E-state index contributed by atoms with van der Waals surface area (Å²) in [5, 5.41) is 14.1. The zero-order chi connectivity index (χ0) is 13.8. The topological polar surface area (TPSA) is 53.4 Å². The minimum Gasteiger partial charge on any atom is -0.393 e. The zero-order valence-corrected chi connectivity index (χ0v) is 12.5. The van der Waals surface area contributed by atoms with Gasteiger partial charge in [-0.1, -0.05) is 0 Å². The Kier molecular flexibility index (Phi) is 4.68. The van der Waals surface area contributed by atoms with E-state index >= 15 is 0 Å². The van der Waals surface area contributed by atoms with Crippen LogP contribution in [0, 0.1) is 0 Å². The first-order valence-corrected chi connectivity index (χ1v) is 7.76. The third kappa shape index (κ3) is 3.62. The van der Waals surface area contributed by atoms with Crippen LogP contribution >= 0.6 is 22.7 Å². The first-order valence-electron chi connectivity index (χ1n) is 6.00. The largest absolute Gasteiger partial charge is 0.393 e. The van der Waals surface area contributed by atoms with Gasteiger partial charge in [-0.15, -0.1) is 11.3 Å². The number of carbonyl (C=O) groups is 1. The molecule has 2 aromatic rings. The van der Waals surface area contributed by atoms with Crippen molar-refractivity contribution in [2.45, 2.75) is 19.4 Å². The minimum atomic E-state index is -0.391. The maximum absolute atomic E-state index is 12.2. The smallest absolute Gasteiger partial charge is 0.265 e. The van der Waals surface area contributed by atoms with Crippen molar-refractivity contribution in [2.24, 2.45) is 0 Å². The Balaban J connectivity index is 2.04. The molecule has 0 fully saturated rings. The second kappa shape index (κ2) is 6.27. The Hall–Kier alpha value is -1.24. The summed E-state index contributed by atoms with van der Waals surface area (Å²) in [4.78, 5) is 18.7. The van der Waals surface area contributed by atoms with Crippen molar-refractivity contribution in [3.63, 3.8) is 0 Å². The van der Waals surface area contributed by atoms with Gasteiger partial charge in [-0.05, 0) is 24.8 Å². The van der Waals surface area contributed by atoms with Crippen LogP contribution in [0.5, 0.6) is 0 Å². The third-order valence-corrected chi connectivity index (χ3v) is 4.43. The summed E-state index contributed by atoms with van der Waals surface area (Å²) >= 11 is 3.02. The van der Waals surface area contributed by atoms with E-state index in [4.69, 9.17) is 0 Å². The normalized spacial score (nSPS) is 12.4. The van der Waals surface area contributed by atoms with E-state index in [1.807, 2.05) is 16.8 Å². The van der Waals surface area contributed by atoms with Gasteiger partial charge in [-0.25, -0.2) is 4.98 Å². The van der Waals surface area contributed by atoms with Gasteiger partial charge in [0.2, 0.25) is 0 Å². The average Bonchev–Trinajstić information content (AvgIpc) is 3.04. The molecule has 0 aliphatic heterocycles. The van der Waals surface area contributed by atoms with Gasteiger partial charge in [-0.2, -0.15) is 11.3 Å². The van der Waals surface area contributed by atoms with E-state index in [2.05, 4.69) is 4.98 Å². The van der Waals surface area contributed by atoms with E-state index < -0.39 is 6.10 Å². The van der Waals surface area contributed by atoms with E-state index in [0.29, 0.717) is 17.8 Å². The monoisotopic (exact) mass is 296 g/mol. The summed E-state index contributed by atoms with van der Waals surface area (Å²) in [6.07, 6.45) is 1.81. The fourth-order valence-electron chi connectivity index (χ4n) is 1.56. The van der Waals surface area contributed by atoms with Gasteiger partial charge in [0, 0.05) is 24.5 Å². The highest BCUT2D eigenvalue weighted by Gasteiger charge is 2.16. The maximum atomic E-state index is 12.2. The predicted octanol–water partition coefficient (Wildman–Crippen LogP) is 2.71. The molecule has 2 rings (SSSR count). The van der Waals surface area contributed by atoms with Crippen molar-refractivity contribution < 1.29 is 9.90 Å². The Labute approximate surface area is 120 Å². The number of aromatic nitrogens is 1. The second-order valence-electron chi connectivity index (χ2n) is 4.41. The molecule has 102 valence electrons. The van der Waals surface area contributed by atoms with Gasteiger partial charge in [0.15, 0.2) is 0 Å². The van der Waals surface area contributed by atoms with Gasteiger partial charge >= 0.3 is 0 Å². The number of thiophene rings is 1. The lowest BCUT2D eigenvalue weighted by atomic mass is 10.3. The molecule has 0 bridgehead atoms. The van der Waals surface area contributed by atoms with Crippen LogP contribution in [0.3, 0.4) is 0 Å². The van der Waals surface area contributed by atoms with Gasteiger partial charge < -0.3 is 10.0 Å². The molecule has 0 saturated carbocycles. The SMILES string of the molecule is CC(O)CCN(C)C(=O)c1cnc(-c2ccsc2)s1. The number of thiazole rings is 1. The molecule has 0 spiro atoms. The van der Waals surface area contributed by atoms with E-state index in [0.717, 1.165) is 10.6 Å². The fraction of sp³-hybridized carbons (Fsp3) is 0.385. The van der Waals surface area contributed by atoms with Crippen LogP contribution in [-0.4, -0.2) is 40.6 Å². The maximum Gasteiger partial charge on any atom is 0.265 e. The number of nitrogens with zero attached hydrogens (tertiary/aromatic N) is 2. The summed E-state index contributed by atoms with van der Waals surface area (Å²) in [6.45, 7) is 2.27. The third-order valence-electron chi connectivity index (χ3n) is 2.71. The molecule has 2 heterocycles. The zero-order valence-electron chi connectivity index (χ0n) is 10.9. The van der Waals surface area contributed by atoms with E-state index in [1.54, 1.807) is 36.4 Å². The number of aliphatic hydroxyl groups is 1. The summed E-state index contributed by atoms with van der Waals surface area (Å²) in [6, 6.07) is 1.99. The van der Waals surface area contributed by atoms with Crippen LogP contribution in [0.25, 0.3) is 10.6 Å². The Morgan fingerprint density at radius 2 is 2.37 bits per heavy atom. The number of hydrogen-bond acceptors (Lipinski definition) is 5. The average molecular weight is 296 g/mol. The Morgan fingerprint density at radius 3 is 3.00 bits per heavy atom. The molecule has 0 saturated heterocycles. The molecule has 1 N–H and O–H groups in total. The van der Waals surface area contributed by atoms with Gasteiger partial charge in [0.25, 0.3) is 5.91 Å². The van der Waals surface area contributed by atoms with Gasteiger partial charge in [0.05, 0.1) is 12.3 Å².